The minimum absolute atomic E-state index is 0.155. The van der Waals surface area contributed by atoms with Crippen LogP contribution >= 0.6 is 0 Å². The molecule has 7 heteroatoms. The van der Waals surface area contributed by atoms with Gasteiger partial charge in [-0.25, -0.2) is 0 Å². The summed E-state index contributed by atoms with van der Waals surface area (Å²) in [5.41, 5.74) is 0. The van der Waals surface area contributed by atoms with Crippen LogP contribution < -0.4 is 0 Å². The zero-order valence-corrected chi connectivity index (χ0v) is 13.5. The third-order valence-electron chi connectivity index (χ3n) is 4.28. The Morgan fingerprint density at radius 1 is 1.00 bits per heavy atom. The van der Waals surface area contributed by atoms with Gasteiger partial charge >= 0.3 is 0 Å². The molecule has 4 saturated heterocycles. The number of ether oxygens (including phenoxy) is 7. The van der Waals surface area contributed by atoms with Gasteiger partial charge in [0.15, 0.2) is 11.6 Å². The fourth-order valence-electron chi connectivity index (χ4n) is 3.44. The molecule has 0 saturated carbocycles. The van der Waals surface area contributed by atoms with Gasteiger partial charge in [0, 0.05) is 0 Å². The standard InChI is InChI=1S/C15H24O7/c1-13(2)19-10-7-18-15(8-16-5-9-6-17-9)12(11(10)20-13)21-14(3,4)22-15/h9-12H,5-8H2,1-4H3. The predicted molar refractivity (Wildman–Crippen MR) is 73.1 cm³/mol. The van der Waals surface area contributed by atoms with Gasteiger partial charge in [-0.15, -0.1) is 0 Å². The Morgan fingerprint density at radius 2 is 1.77 bits per heavy atom. The molecule has 0 aromatic rings. The van der Waals surface area contributed by atoms with Crippen molar-refractivity contribution in [3.8, 4) is 0 Å². The molecule has 4 rings (SSSR count). The second-order valence-electron chi connectivity index (χ2n) is 7.27. The van der Waals surface area contributed by atoms with Crippen LogP contribution in [0.25, 0.3) is 0 Å². The first-order valence-electron chi connectivity index (χ1n) is 7.86. The van der Waals surface area contributed by atoms with Crippen LogP contribution in [0.15, 0.2) is 0 Å². The van der Waals surface area contributed by atoms with Crippen molar-refractivity contribution in [2.75, 3.05) is 26.4 Å². The fraction of sp³-hybridized carbons (Fsp3) is 1.00. The van der Waals surface area contributed by atoms with Gasteiger partial charge in [-0.1, -0.05) is 0 Å². The van der Waals surface area contributed by atoms with Crippen LogP contribution in [0.5, 0.6) is 0 Å². The van der Waals surface area contributed by atoms with Crippen LogP contribution in [-0.4, -0.2) is 68.2 Å². The number of rotatable bonds is 4. The van der Waals surface area contributed by atoms with Gasteiger partial charge in [-0.2, -0.15) is 0 Å². The van der Waals surface area contributed by atoms with E-state index in [-0.39, 0.29) is 31.0 Å². The molecule has 0 amide bonds. The first kappa shape index (κ1) is 15.3. The van der Waals surface area contributed by atoms with Gasteiger partial charge in [0.2, 0.25) is 5.79 Å². The molecule has 0 N–H and O–H groups in total. The van der Waals surface area contributed by atoms with Crippen LogP contribution in [0.2, 0.25) is 0 Å². The largest absolute Gasteiger partial charge is 0.373 e. The Kier molecular flexibility index (Phi) is 3.37. The molecule has 5 atom stereocenters. The van der Waals surface area contributed by atoms with Gasteiger partial charge in [0.1, 0.15) is 31.0 Å². The summed E-state index contributed by atoms with van der Waals surface area (Å²) in [6, 6.07) is 0. The molecular weight excluding hydrogens is 292 g/mol. The first-order valence-corrected chi connectivity index (χ1v) is 7.86. The molecule has 4 fully saturated rings. The van der Waals surface area contributed by atoms with Gasteiger partial charge in [-0.3, -0.25) is 0 Å². The smallest absolute Gasteiger partial charge is 0.224 e. The topological polar surface area (TPSA) is 67.9 Å². The van der Waals surface area contributed by atoms with E-state index in [9.17, 15) is 0 Å². The van der Waals surface area contributed by atoms with Gasteiger partial charge < -0.3 is 33.2 Å². The van der Waals surface area contributed by atoms with Crippen molar-refractivity contribution in [1.29, 1.82) is 0 Å². The summed E-state index contributed by atoms with van der Waals surface area (Å²) in [4.78, 5) is 0. The molecule has 7 nitrogen and oxygen atoms in total. The fourth-order valence-corrected chi connectivity index (χ4v) is 3.44. The molecule has 5 unspecified atom stereocenters. The number of hydrogen-bond donors (Lipinski definition) is 0. The van der Waals surface area contributed by atoms with E-state index < -0.39 is 17.4 Å². The Hall–Kier alpha value is -0.280. The van der Waals surface area contributed by atoms with Gasteiger partial charge in [0.05, 0.1) is 19.8 Å². The Morgan fingerprint density at radius 3 is 2.50 bits per heavy atom. The minimum atomic E-state index is -0.955. The van der Waals surface area contributed by atoms with Crippen molar-refractivity contribution in [3.05, 3.63) is 0 Å². The third kappa shape index (κ3) is 2.69. The highest BCUT2D eigenvalue weighted by atomic mass is 16.9. The molecule has 0 aromatic carbocycles. The summed E-state index contributed by atoms with van der Waals surface area (Å²) in [7, 11) is 0. The van der Waals surface area contributed by atoms with E-state index in [0.717, 1.165) is 6.61 Å². The minimum Gasteiger partial charge on any atom is -0.373 e. The van der Waals surface area contributed by atoms with E-state index in [1.165, 1.54) is 0 Å². The summed E-state index contributed by atoms with van der Waals surface area (Å²) in [5, 5.41) is 0. The SMILES string of the molecule is CC1(C)OC2COC3(COCC4CO4)OC(C)(C)OC3C2O1. The first-order chi connectivity index (χ1) is 10.3. The Balaban J connectivity index is 1.52. The van der Waals surface area contributed by atoms with Crippen LogP contribution in [0, 0.1) is 0 Å². The number of hydrogen-bond acceptors (Lipinski definition) is 7. The molecule has 22 heavy (non-hydrogen) atoms. The molecule has 4 aliphatic rings. The lowest BCUT2D eigenvalue weighted by Gasteiger charge is -2.40. The maximum atomic E-state index is 6.07. The van der Waals surface area contributed by atoms with Crippen molar-refractivity contribution in [1.82, 2.24) is 0 Å². The maximum Gasteiger partial charge on any atom is 0.224 e. The third-order valence-corrected chi connectivity index (χ3v) is 4.28. The van der Waals surface area contributed by atoms with E-state index >= 15 is 0 Å². The number of epoxide rings is 1. The molecule has 0 spiro atoms. The highest BCUT2D eigenvalue weighted by Crippen LogP contribution is 2.47. The summed E-state index contributed by atoms with van der Waals surface area (Å²) in [6.45, 7) is 9.52. The van der Waals surface area contributed by atoms with Crippen molar-refractivity contribution >= 4 is 0 Å². The van der Waals surface area contributed by atoms with E-state index in [1.54, 1.807) is 0 Å². The van der Waals surface area contributed by atoms with Crippen molar-refractivity contribution in [3.63, 3.8) is 0 Å². The predicted octanol–water partition coefficient (Wildman–Crippen LogP) is 0.800. The average Bonchev–Trinajstić information content (AvgIpc) is 3.08. The van der Waals surface area contributed by atoms with E-state index in [0.29, 0.717) is 13.2 Å². The Labute approximate surface area is 130 Å². The lowest BCUT2D eigenvalue weighted by molar-refractivity contribution is -0.299. The summed E-state index contributed by atoms with van der Waals surface area (Å²) < 4.78 is 41.0. The van der Waals surface area contributed by atoms with Gasteiger partial charge in [0.25, 0.3) is 0 Å². The molecule has 4 heterocycles. The maximum absolute atomic E-state index is 6.07. The van der Waals surface area contributed by atoms with Crippen LogP contribution in [-0.2, 0) is 33.2 Å². The lowest BCUT2D eigenvalue weighted by Crippen LogP contribution is -2.60. The highest BCUT2D eigenvalue weighted by molar-refractivity contribution is 5.03. The Bertz CT molecular complexity index is 447. The molecule has 4 aliphatic heterocycles. The second kappa shape index (κ2) is 4.86. The molecule has 0 radical (unpaired) electrons. The van der Waals surface area contributed by atoms with E-state index in [4.69, 9.17) is 33.2 Å². The molecule has 0 aliphatic carbocycles. The molecule has 126 valence electrons. The molecular formula is C15H24O7. The normalized spacial score (nSPS) is 48.0. The van der Waals surface area contributed by atoms with Gasteiger partial charge in [-0.05, 0) is 27.7 Å². The molecule has 0 bridgehead atoms. The van der Waals surface area contributed by atoms with Crippen molar-refractivity contribution in [2.45, 2.75) is 69.5 Å². The second-order valence-corrected chi connectivity index (χ2v) is 7.27. The highest BCUT2D eigenvalue weighted by Gasteiger charge is 2.65. The van der Waals surface area contributed by atoms with E-state index in [2.05, 4.69) is 0 Å². The average molecular weight is 316 g/mol. The summed E-state index contributed by atoms with van der Waals surface area (Å²) >= 11 is 0. The summed E-state index contributed by atoms with van der Waals surface area (Å²) in [6.07, 6.45) is -0.571. The van der Waals surface area contributed by atoms with Crippen LogP contribution in [0.1, 0.15) is 27.7 Å². The van der Waals surface area contributed by atoms with Crippen LogP contribution in [0.4, 0.5) is 0 Å². The van der Waals surface area contributed by atoms with Crippen LogP contribution in [0.3, 0.4) is 0 Å². The molecule has 0 aromatic heterocycles. The monoisotopic (exact) mass is 316 g/mol. The summed E-state index contributed by atoms with van der Waals surface area (Å²) in [5.74, 6) is -2.36. The zero-order chi connectivity index (χ0) is 15.6. The van der Waals surface area contributed by atoms with E-state index in [1.807, 2.05) is 27.7 Å². The quantitative estimate of drug-likeness (QED) is 0.711. The zero-order valence-electron chi connectivity index (χ0n) is 13.5. The lowest BCUT2D eigenvalue weighted by atomic mass is 9.97. The van der Waals surface area contributed by atoms with Crippen molar-refractivity contribution in [2.24, 2.45) is 0 Å². The van der Waals surface area contributed by atoms with Crippen molar-refractivity contribution < 1.29 is 33.2 Å². The number of fused-ring (bicyclic) bond motifs is 3.